The second kappa shape index (κ2) is 13.9. The number of aliphatic hydroxyl groups excluding tert-OH is 2. The van der Waals surface area contributed by atoms with Crippen molar-refractivity contribution in [1.82, 2.24) is 5.43 Å². The molecule has 0 aromatic rings. The van der Waals surface area contributed by atoms with Crippen molar-refractivity contribution in [3.8, 4) is 0 Å². The van der Waals surface area contributed by atoms with E-state index in [4.69, 9.17) is 25.5 Å². The molecule has 0 unspecified atom stereocenters. The number of amides is 1. The summed E-state index contributed by atoms with van der Waals surface area (Å²) < 4.78 is 14.4. The van der Waals surface area contributed by atoms with Crippen LogP contribution in [0.15, 0.2) is 0 Å². The van der Waals surface area contributed by atoms with E-state index in [0.717, 1.165) is 0 Å². The molecule has 30 heavy (non-hydrogen) atoms. The predicted molar refractivity (Wildman–Crippen MR) is 106 cm³/mol. The van der Waals surface area contributed by atoms with E-state index in [9.17, 15) is 19.2 Å². The summed E-state index contributed by atoms with van der Waals surface area (Å²) >= 11 is 0. The van der Waals surface area contributed by atoms with Gasteiger partial charge in [-0.15, -0.1) is 0 Å². The molecule has 0 spiro atoms. The molecular formula is C19H36N2O9. The van der Waals surface area contributed by atoms with Crippen molar-refractivity contribution in [2.24, 2.45) is 17.7 Å². The molecule has 11 nitrogen and oxygen atoms in total. The summed E-state index contributed by atoms with van der Waals surface area (Å²) in [6.07, 6.45) is -0.350. The molecule has 5 N–H and O–H groups in total. The monoisotopic (exact) mass is 436 g/mol. The molecule has 0 radical (unpaired) electrons. The van der Waals surface area contributed by atoms with Crippen LogP contribution in [0.1, 0.15) is 54.4 Å². The quantitative estimate of drug-likeness (QED) is 0.131. The second-order valence-electron chi connectivity index (χ2n) is 8.37. The first-order chi connectivity index (χ1) is 13.6. The van der Waals surface area contributed by atoms with Gasteiger partial charge in [0.2, 0.25) is 5.91 Å². The van der Waals surface area contributed by atoms with Gasteiger partial charge in [-0.3, -0.25) is 24.6 Å². The highest BCUT2D eigenvalue weighted by Crippen LogP contribution is 2.13. The van der Waals surface area contributed by atoms with Crippen LogP contribution in [0.3, 0.4) is 0 Å². The van der Waals surface area contributed by atoms with Gasteiger partial charge in [0, 0.05) is 0 Å². The Hall–Kier alpha value is -2.24. The number of ether oxygens (including phenoxy) is 3. The zero-order valence-corrected chi connectivity index (χ0v) is 18.8. The van der Waals surface area contributed by atoms with Gasteiger partial charge in [0.25, 0.3) is 0 Å². The molecule has 0 rings (SSSR count). The number of hydrazine groups is 1. The summed E-state index contributed by atoms with van der Waals surface area (Å²) in [5.74, 6) is 0.943. The van der Waals surface area contributed by atoms with Crippen LogP contribution in [0.2, 0.25) is 0 Å². The molecule has 0 saturated carbocycles. The Morgan fingerprint density at radius 2 is 1.20 bits per heavy atom. The Labute approximate surface area is 177 Å². The second-order valence-corrected chi connectivity index (χ2v) is 8.37. The molecule has 0 aliphatic rings. The highest BCUT2D eigenvalue weighted by Gasteiger charge is 2.26. The minimum atomic E-state index is -0.857. The molecule has 1 amide bonds. The van der Waals surface area contributed by atoms with Gasteiger partial charge in [0.05, 0.1) is 45.0 Å². The number of hydrogen-bond donors (Lipinski definition) is 4. The minimum absolute atomic E-state index is 0.166. The van der Waals surface area contributed by atoms with Crippen molar-refractivity contribution < 1.29 is 43.6 Å². The maximum Gasteiger partial charge on any atom is 0.311 e. The van der Waals surface area contributed by atoms with Gasteiger partial charge in [-0.25, -0.2) is 5.84 Å². The normalized spacial score (nSPS) is 13.1. The molecule has 0 bridgehead atoms. The Morgan fingerprint density at radius 1 is 0.833 bits per heavy atom. The summed E-state index contributed by atoms with van der Waals surface area (Å²) in [5.41, 5.74) is 0.686. The molecule has 0 saturated heterocycles. The van der Waals surface area contributed by atoms with Crippen molar-refractivity contribution >= 4 is 23.8 Å². The van der Waals surface area contributed by atoms with Gasteiger partial charge in [0.15, 0.2) is 0 Å². The molecule has 0 aliphatic heterocycles. The van der Waals surface area contributed by atoms with E-state index in [0.29, 0.717) is 0 Å². The van der Waals surface area contributed by atoms with Crippen LogP contribution in [0.5, 0.6) is 0 Å². The predicted octanol–water partition coefficient (Wildman–Crippen LogP) is -0.184. The number of rotatable bonds is 8. The number of aliphatic hydroxyl groups is 2. The van der Waals surface area contributed by atoms with E-state index in [-0.39, 0.29) is 12.8 Å². The lowest BCUT2D eigenvalue weighted by Gasteiger charge is -2.21. The summed E-state index contributed by atoms with van der Waals surface area (Å²) in [6.45, 7) is 9.50. The fourth-order valence-corrected chi connectivity index (χ4v) is 1.92. The van der Waals surface area contributed by atoms with Crippen molar-refractivity contribution in [2.45, 2.75) is 65.6 Å². The minimum Gasteiger partial charge on any atom is -0.469 e. The number of carbonyl (C=O) groups excluding carboxylic acids is 4. The van der Waals surface area contributed by atoms with Crippen LogP contribution in [0.4, 0.5) is 0 Å². The van der Waals surface area contributed by atoms with Crippen molar-refractivity contribution in [3.63, 3.8) is 0 Å². The lowest BCUT2D eigenvalue weighted by Crippen LogP contribution is -2.39. The van der Waals surface area contributed by atoms with Gasteiger partial charge in [-0.2, -0.15) is 0 Å². The van der Waals surface area contributed by atoms with Crippen molar-refractivity contribution in [3.05, 3.63) is 0 Å². The van der Waals surface area contributed by atoms with Crippen LogP contribution in [0, 0.1) is 11.8 Å². The number of methoxy groups -OCH3 is 1. The molecular weight excluding hydrogens is 400 g/mol. The number of nitrogens with one attached hydrogen (secondary N) is 1. The maximum absolute atomic E-state index is 11.3. The molecule has 0 aromatic heterocycles. The Bertz CT molecular complexity index is 515. The number of carbonyl (C=O) groups is 4. The lowest BCUT2D eigenvalue weighted by atomic mass is 10.1. The largest absolute Gasteiger partial charge is 0.469 e. The fraction of sp³-hybridized carbons (Fsp3) is 0.789. The average molecular weight is 437 g/mol. The standard InChI is InChI=1S/C10H18O5.C9H18N2O4/c1-10(2,3)15-8(12)5-7(6-11)9(13)14-4;1-9(2,3)15-7(13)4-6(5-12)8(14)11-10/h7,11H,5-6H2,1-4H3;6,12H,4-5,10H2,1-3H3,(H,11,14)/t7-;6-/m00/s1. The zero-order valence-electron chi connectivity index (χ0n) is 18.8. The summed E-state index contributed by atoms with van der Waals surface area (Å²) in [5, 5.41) is 17.7. The van der Waals surface area contributed by atoms with Crippen LogP contribution < -0.4 is 11.3 Å². The molecule has 0 heterocycles. The van der Waals surface area contributed by atoms with Gasteiger partial charge < -0.3 is 24.4 Å². The fourth-order valence-electron chi connectivity index (χ4n) is 1.92. The Balaban J connectivity index is 0. The van der Waals surface area contributed by atoms with Crippen LogP contribution in [-0.4, -0.2) is 65.6 Å². The highest BCUT2D eigenvalue weighted by molar-refractivity contribution is 5.83. The zero-order chi connectivity index (χ0) is 24.1. The average Bonchev–Trinajstić information content (AvgIpc) is 2.60. The number of hydrogen-bond acceptors (Lipinski definition) is 10. The number of esters is 3. The van der Waals surface area contributed by atoms with Gasteiger partial charge in [-0.05, 0) is 41.5 Å². The third kappa shape index (κ3) is 15.7. The van der Waals surface area contributed by atoms with Crippen LogP contribution in [0.25, 0.3) is 0 Å². The topological polar surface area (TPSA) is 174 Å². The number of nitrogens with two attached hydrogens (primary N) is 1. The summed E-state index contributed by atoms with van der Waals surface area (Å²) in [6, 6.07) is 0. The molecule has 176 valence electrons. The Kier molecular flexibility index (Phi) is 13.9. The SMILES string of the molecule is CC(C)(C)OC(=O)C[C@@H](CO)C(=O)NN.COC(=O)[C@H](CO)CC(=O)OC(C)(C)C. The molecule has 0 aliphatic carbocycles. The van der Waals surface area contributed by atoms with Crippen molar-refractivity contribution in [2.75, 3.05) is 20.3 Å². The first-order valence-electron chi connectivity index (χ1n) is 9.33. The van der Waals surface area contributed by atoms with E-state index < -0.39 is 60.1 Å². The highest BCUT2D eigenvalue weighted by atomic mass is 16.6. The molecule has 0 fully saturated rings. The van der Waals surface area contributed by atoms with Crippen LogP contribution >= 0.6 is 0 Å². The molecule has 2 atom stereocenters. The van der Waals surface area contributed by atoms with E-state index in [1.807, 2.05) is 5.43 Å². The van der Waals surface area contributed by atoms with E-state index in [1.54, 1.807) is 41.5 Å². The first kappa shape index (κ1) is 30.0. The van der Waals surface area contributed by atoms with Gasteiger partial charge in [-0.1, -0.05) is 0 Å². The third-order valence-electron chi connectivity index (χ3n) is 3.15. The lowest BCUT2D eigenvalue weighted by molar-refractivity contribution is -0.161. The molecule has 11 heteroatoms. The maximum atomic E-state index is 11.3. The van der Waals surface area contributed by atoms with Crippen molar-refractivity contribution in [1.29, 1.82) is 0 Å². The van der Waals surface area contributed by atoms with Gasteiger partial charge >= 0.3 is 17.9 Å². The molecule has 0 aromatic carbocycles. The van der Waals surface area contributed by atoms with E-state index in [2.05, 4.69) is 4.74 Å². The third-order valence-corrected chi connectivity index (χ3v) is 3.15. The van der Waals surface area contributed by atoms with Crippen LogP contribution in [-0.2, 0) is 33.4 Å². The Morgan fingerprint density at radius 3 is 1.47 bits per heavy atom. The smallest absolute Gasteiger partial charge is 0.311 e. The first-order valence-corrected chi connectivity index (χ1v) is 9.33. The van der Waals surface area contributed by atoms with E-state index in [1.165, 1.54) is 7.11 Å². The summed E-state index contributed by atoms with van der Waals surface area (Å²) in [4.78, 5) is 44.7. The van der Waals surface area contributed by atoms with E-state index >= 15 is 0 Å². The van der Waals surface area contributed by atoms with Gasteiger partial charge in [0.1, 0.15) is 11.2 Å². The summed E-state index contributed by atoms with van der Waals surface area (Å²) in [7, 11) is 1.21.